The van der Waals surface area contributed by atoms with E-state index in [0.29, 0.717) is 19.3 Å². The van der Waals surface area contributed by atoms with Crippen LogP contribution in [0.1, 0.15) is 367 Å². The molecule has 0 aliphatic rings. The highest BCUT2D eigenvalue weighted by Gasteiger charge is 2.19. The SMILES string of the molecule is CC/C=C\C/C=C\C/C=C\C/C=C\CCCCCCCCCCCCCCCCCCC(=O)OCC(COC(=O)CCCCCCCCCCCCCCCCCC)OC(=O)CCCCCCC/C=C\CCCCCCCCC. The van der Waals surface area contributed by atoms with E-state index in [4.69, 9.17) is 14.2 Å². The van der Waals surface area contributed by atoms with Gasteiger partial charge >= 0.3 is 17.9 Å². The highest BCUT2D eigenvalue weighted by molar-refractivity contribution is 5.71. The topological polar surface area (TPSA) is 78.9 Å². The molecule has 0 saturated heterocycles. The molecular weight excluding hydrogens is 973 g/mol. The van der Waals surface area contributed by atoms with Crippen LogP contribution < -0.4 is 0 Å². The van der Waals surface area contributed by atoms with Crippen LogP contribution in [0.25, 0.3) is 0 Å². The second kappa shape index (κ2) is 67.6. The van der Waals surface area contributed by atoms with Crippen LogP contribution in [0.3, 0.4) is 0 Å². The minimum Gasteiger partial charge on any atom is -0.462 e. The number of carbonyl (C=O) groups is 3. The van der Waals surface area contributed by atoms with E-state index in [1.165, 1.54) is 238 Å². The largest absolute Gasteiger partial charge is 0.462 e. The van der Waals surface area contributed by atoms with Crippen molar-refractivity contribution in [2.24, 2.45) is 0 Å². The second-order valence-electron chi connectivity index (χ2n) is 23.4. The van der Waals surface area contributed by atoms with Gasteiger partial charge in [-0.1, -0.05) is 326 Å². The fourth-order valence-electron chi connectivity index (χ4n) is 10.3. The summed E-state index contributed by atoms with van der Waals surface area (Å²) in [7, 11) is 0. The number of hydrogen-bond donors (Lipinski definition) is 0. The van der Waals surface area contributed by atoms with E-state index in [0.717, 1.165) is 89.9 Å². The fraction of sp³-hybridized carbons (Fsp3) is 0.822. The van der Waals surface area contributed by atoms with Crippen LogP contribution in [-0.2, 0) is 28.6 Å². The number of allylic oxidation sites excluding steroid dienone is 10. The van der Waals surface area contributed by atoms with E-state index >= 15 is 0 Å². The lowest BCUT2D eigenvalue weighted by molar-refractivity contribution is -0.167. The van der Waals surface area contributed by atoms with Gasteiger partial charge in [0, 0.05) is 19.3 Å². The van der Waals surface area contributed by atoms with Crippen molar-refractivity contribution in [2.45, 2.75) is 374 Å². The van der Waals surface area contributed by atoms with Gasteiger partial charge in [-0.15, -0.1) is 0 Å². The minimum absolute atomic E-state index is 0.0716. The Labute approximate surface area is 491 Å². The van der Waals surface area contributed by atoms with E-state index < -0.39 is 6.10 Å². The van der Waals surface area contributed by atoms with E-state index in [-0.39, 0.29) is 31.1 Å². The van der Waals surface area contributed by atoms with Crippen molar-refractivity contribution in [2.75, 3.05) is 13.2 Å². The molecule has 0 aromatic heterocycles. The van der Waals surface area contributed by atoms with Crippen molar-refractivity contribution in [3.63, 3.8) is 0 Å². The summed E-state index contributed by atoms with van der Waals surface area (Å²) in [6.45, 7) is 6.58. The van der Waals surface area contributed by atoms with Gasteiger partial charge in [0.2, 0.25) is 0 Å². The molecule has 0 aromatic carbocycles. The molecule has 0 radical (unpaired) electrons. The second-order valence-corrected chi connectivity index (χ2v) is 23.4. The molecule has 6 nitrogen and oxygen atoms in total. The summed E-state index contributed by atoms with van der Waals surface area (Å²) in [6.07, 6.45) is 86.7. The highest BCUT2D eigenvalue weighted by atomic mass is 16.6. The average molecular weight is 1110 g/mol. The maximum absolute atomic E-state index is 12.9. The zero-order valence-corrected chi connectivity index (χ0v) is 52.9. The predicted octanol–water partition coefficient (Wildman–Crippen LogP) is 23.9. The molecule has 0 heterocycles. The van der Waals surface area contributed by atoms with Crippen LogP contribution in [-0.4, -0.2) is 37.2 Å². The van der Waals surface area contributed by atoms with Crippen LogP contribution >= 0.6 is 0 Å². The molecule has 79 heavy (non-hydrogen) atoms. The lowest BCUT2D eigenvalue weighted by Gasteiger charge is -2.18. The normalized spacial score (nSPS) is 12.4. The summed E-state index contributed by atoms with van der Waals surface area (Å²) in [5.41, 5.74) is 0. The number of esters is 3. The molecule has 0 N–H and O–H groups in total. The molecular formula is C73H132O6. The molecule has 1 unspecified atom stereocenters. The molecule has 460 valence electrons. The van der Waals surface area contributed by atoms with E-state index in [9.17, 15) is 14.4 Å². The van der Waals surface area contributed by atoms with Gasteiger partial charge in [-0.05, 0) is 83.5 Å². The summed E-state index contributed by atoms with van der Waals surface area (Å²) in [4.78, 5) is 38.4. The minimum atomic E-state index is -0.776. The quantitative estimate of drug-likeness (QED) is 0.0261. The van der Waals surface area contributed by atoms with Crippen molar-refractivity contribution in [3.05, 3.63) is 60.8 Å². The first kappa shape index (κ1) is 76.1. The first-order valence-electron chi connectivity index (χ1n) is 34.8. The summed E-state index contributed by atoms with van der Waals surface area (Å²) >= 11 is 0. The summed E-state index contributed by atoms with van der Waals surface area (Å²) in [6, 6.07) is 0. The third-order valence-corrected chi connectivity index (χ3v) is 15.5. The average Bonchev–Trinajstić information content (AvgIpc) is 3.45. The number of unbranched alkanes of at least 4 members (excludes halogenated alkanes) is 43. The summed E-state index contributed by atoms with van der Waals surface area (Å²) < 4.78 is 17.0. The summed E-state index contributed by atoms with van der Waals surface area (Å²) in [5, 5.41) is 0. The molecule has 0 spiro atoms. The lowest BCUT2D eigenvalue weighted by Crippen LogP contribution is -2.30. The molecule has 0 aliphatic carbocycles. The Morgan fingerprint density at radius 1 is 0.266 bits per heavy atom. The van der Waals surface area contributed by atoms with Crippen molar-refractivity contribution in [1.82, 2.24) is 0 Å². The molecule has 0 aromatic rings. The highest BCUT2D eigenvalue weighted by Crippen LogP contribution is 2.18. The van der Waals surface area contributed by atoms with Crippen LogP contribution in [0, 0.1) is 0 Å². The van der Waals surface area contributed by atoms with Gasteiger partial charge in [0.05, 0.1) is 0 Å². The van der Waals surface area contributed by atoms with Crippen molar-refractivity contribution >= 4 is 17.9 Å². The van der Waals surface area contributed by atoms with Crippen LogP contribution in [0.5, 0.6) is 0 Å². The molecule has 6 heteroatoms. The monoisotopic (exact) mass is 1110 g/mol. The van der Waals surface area contributed by atoms with Gasteiger partial charge in [0.1, 0.15) is 13.2 Å². The van der Waals surface area contributed by atoms with E-state index in [1.807, 2.05) is 0 Å². The molecule has 0 saturated carbocycles. The van der Waals surface area contributed by atoms with Crippen molar-refractivity contribution in [1.29, 1.82) is 0 Å². The maximum Gasteiger partial charge on any atom is 0.306 e. The smallest absolute Gasteiger partial charge is 0.306 e. The van der Waals surface area contributed by atoms with E-state index in [2.05, 4.69) is 81.5 Å². The van der Waals surface area contributed by atoms with Gasteiger partial charge in [0.25, 0.3) is 0 Å². The van der Waals surface area contributed by atoms with E-state index in [1.54, 1.807) is 0 Å². The van der Waals surface area contributed by atoms with Gasteiger partial charge in [-0.25, -0.2) is 0 Å². The molecule has 0 amide bonds. The Hall–Kier alpha value is -2.89. The fourth-order valence-corrected chi connectivity index (χ4v) is 10.3. The first-order chi connectivity index (χ1) is 39.0. The number of ether oxygens (including phenoxy) is 3. The number of hydrogen-bond acceptors (Lipinski definition) is 6. The third kappa shape index (κ3) is 65.8. The molecule has 0 fully saturated rings. The Bertz CT molecular complexity index is 1410. The first-order valence-corrected chi connectivity index (χ1v) is 34.8. The zero-order valence-electron chi connectivity index (χ0n) is 52.9. The number of rotatable bonds is 64. The predicted molar refractivity (Wildman–Crippen MR) is 344 cm³/mol. The Balaban J connectivity index is 4.23. The van der Waals surface area contributed by atoms with Gasteiger partial charge < -0.3 is 14.2 Å². The van der Waals surface area contributed by atoms with Gasteiger partial charge in [-0.3, -0.25) is 14.4 Å². The lowest BCUT2D eigenvalue weighted by atomic mass is 10.0. The van der Waals surface area contributed by atoms with Gasteiger partial charge in [0.15, 0.2) is 6.10 Å². The number of carbonyl (C=O) groups excluding carboxylic acids is 3. The molecule has 0 aliphatic heterocycles. The Kier molecular flexibility index (Phi) is 65.1. The van der Waals surface area contributed by atoms with Gasteiger partial charge in [-0.2, -0.15) is 0 Å². The van der Waals surface area contributed by atoms with Crippen molar-refractivity contribution in [3.8, 4) is 0 Å². The van der Waals surface area contributed by atoms with Crippen molar-refractivity contribution < 1.29 is 28.6 Å². The molecule has 1 atom stereocenters. The van der Waals surface area contributed by atoms with Crippen LogP contribution in [0.15, 0.2) is 60.8 Å². The Morgan fingerprint density at radius 2 is 0.494 bits per heavy atom. The summed E-state index contributed by atoms with van der Waals surface area (Å²) in [5.74, 6) is -0.855. The molecule has 0 rings (SSSR count). The molecule has 0 bridgehead atoms. The van der Waals surface area contributed by atoms with Crippen LogP contribution in [0.2, 0.25) is 0 Å². The zero-order chi connectivity index (χ0) is 57.1. The maximum atomic E-state index is 12.9. The third-order valence-electron chi connectivity index (χ3n) is 15.5. The standard InChI is InChI=1S/C73H132O6/c1-4-7-10-13-16-19-22-25-28-31-32-33-34-35-36-37-38-39-40-41-42-43-46-48-51-54-57-60-63-66-72(75)78-69-70(79-73(76)67-64-61-58-55-52-49-45-30-27-24-21-18-15-12-9-6-3)68-77-71(74)65-62-59-56-53-50-47-44-29-26-23-20-17-14-11-8-5-2/h7,10,16,19,25,28,30,32-33,45,70H,4-6,8-9,11-15,17-18,20-24,26-27,29,31,34-44,46-69H2,1-3H3/b10-7-,19-16-,28-25-,33-32-,45-30-. The Morgan fingerprint density at radius 3 is 0.785 bits per heavy atom. The van der Waals surface area contributed by atoms with Crippen LogP contribution in [0.4, 0.5) is 0 Å².